The summed E-state index contributed by atoms with van der Waals surface area (Å²) in [5.74, 6) is 0.0444. The maximum absolute atomic E-state index is 11.7. The second-order valence-corrected chi connectivity index (χ2v) is 4.63. The number of hydrogen-bond acceptors (Lipinski definition) is 4. The van der Waals surface area contributed by atoms with Gasteiger partial charge in [-0.2, -0.15) is 0 Å². The number of methoxy groups -OCH3 is 1. The molecule has 1 amide bonds. The van der Waals surface area contributed by atoms with Gasteiger partial charge in [-0.3, -0.25) is 4.79 Å². The van der Waals surface area contributed by atoms with Gasteiger partial charge in [0.1, 0.15) is 0 Å². The third-order valence-electron chi connectivity index (χ3n) is 2.78. The predicted molar refractivity (Wildman–Crippen MR) is 77.3 cm³/mol. The van der Waals surface area contributed by atoms with Crippen LogP contribution in [0.5, 0.6) is 0 Å². The Morgan fingerprint density at radius 3 is 2.47 bits per heavy atom. The smallest absolute Gasteiger partial charge is 0.236 e. The Bertz CT molecular complexity index is 213. The van der Waals surface area contributed by atoms with Gasteiger partial charge in [-0.1, -0.05) is 13.3 Å². The van der Waals surface area contributed by atoms with Crippen LogP contribution >= 0.6 is 0 Å². The van der Waals surface area contributed by atoms with Crippen molar-refractivity contribution < 1.29 is 14.3 Å². The predicted octanol–water partition coefficient (Wildman–Crippen LogP) is 1.32. The third-order valence-corrected chi connectivity index (χ3v) is 2.78. The lowest BCUT2D eigenvalue weighted by molar-refractivity contribution is -0.122. The van der Waals surface area contributed by atoms with Gasteiger partial charge < -0.3 is 20.1 Å². The Morgan fingerprint density at radius 2 is 1.79 bits per heavy atom. The first kappa shape index (κ1) is 18.4. The molecule has 0 aromatic carbocycles. The molecule has 0 spiro atoms. The van der Waals surface area contributed by atoms with Crippen LogP contribution in [-0.4, -0.2) is 52.0 Å². The minimum Gasteiger partial charge on any atom is -0.385 e. The summed E-state index contributed by atoms with van der Waals surface area (Å²) in [6.07, 6.45) is 4.07. The molecule has 0 fully saturated rings. The molecule has 19 heavy (non-hydrogen) atoms. The molecule has 0 aliphatic rings. The van der Waals surface area contributed by atoms with Crippen molar-refractivity contribution in [2.45, 2.75) is 45.6 Å². The molecular formula is C14H30N2O3. The summed E-state index contributed by atoms with van der Waals surface area (Å²) in [5.41, 5.74) is 0. The second kappa shape index (κ2) is 13.8. The first-order chi connectivity index (χ1) is 9.22. The maximum atomic E-state index is 11.7. The average Bonchev–Trinajstić information content (AvgIpc) is 2.42. The summed E-state index contributed by atoms with van der Waals surface area (Å²) in [6, 6.07) is -0.154. The normalized spacial score (nSPS) is 12.4. The summed E-state index contributed by atoms with van der Waals surface area (Å²) < 4.78 is 10.4. The molecule has 0 radical (unpaired) electrons. The van der Waals surface area contributed by atoms with Crippen molar-refractivity contribution >= 4 is 5.91 Å². The molecule has 5 heteroatoms. The summed E-state index contributed by atoms with van der Waals surface area (Å²) in [4.78, 5) is 11.7. The minimum absolute atomic E-state index is 0.0444. The van der Waals surface area contributed by atoms with E-state index in [1.807, 2.05) is 6.92 Å². The van der Waals surface area contributed by atoms with Gasteiger partial charge in [0.2, 0.25) is 5.91 Å². The monoisotopic (exact) mass is 274 g/mol. The van der Waals surface area contributed by atoms with Crippen LogP contribution in [0, 0.1) is 0 Å². The van der Waals surface area contributed by atoms with Crippen LogP contribution in [0.4, 0.5) is 0 Å². The zero-order valence-corrected chi connectivity index (χ0v) is 12.7. The SMILES string of the molecule is CCCCOCCCNC(C)C(=O)NCCCOC. The fourth-order valence-corrected chi connectivity index (χ4v) is 1.52. The van der Waals surface area contributed by atoms with Gasteiger partial charge in [0.15, 0.2) is 0 Å². The van der Waals surface area contributed by atoms with Crippen LogP contribution in [0.3, 0.4) is 0 Å². The minimum atomic E-state index is -0.154. The lowest BCUT2D eigenvalue weighted by Gasteiger charge is -2.14. The van der Waals surface area contributed by atoms with Crippen molar-refractivity contribution in [2.75, 3.05) is 40.0 Å². The highest BCUT2D eigenvalue weighted by molar-refractivity contribution is 5.81. The molecule has 2 N–H and O–H groups in total. The van der Waals surface area contributed by atoms with Gasteiger partial charge >= 0.3 is 0 Å². The van der Waals surface area contributed by atoms with Crippen molar-refractivity contribution in [3.05, 3.63) is 0 Å². The number of nitrogens with one attached hydrogen (secondary N) is 2. The fourth-order valence-electron chi connectivity index (χ4n) is 1.52. The van der Waals surface area contributed by atoms with Gasteiger partial charge in [-0.05, 0) is 32.7 Å². The molecule has 0 aromatic heterocycles. The lowest BCUT2D eigenvalue weighted by Crippen LogP contribution is -2.43. The van der Waals surface area contributed by atoms with E-state index >= 15 is 0 Å². The Morgan fingerprint density at radius 1 is 1.11 bits per heavy atom. The van der Waals surface area contributed by atoms with E-state index < -0.39 is 0 Å². The van der Waals surface area contributed by atoms with Gasteiger partial charge in [0.25, 0.3) is 0 Å². The van der Waals surface area contributed by atoms with Gasteiger partial charge in [0.05, 0.1) is 6.04 Å². The largest absolute Gasteiger partial charge is 0.385 e. The van der Waals surface area contributed by atoms with E-state index in [0.717, 1.165) is 39.0 Å². The van der Waals surface area contributed by atoms with Crippen molar-refractivity contribution in [1.82, 2.24) is 10.6 Å². The standard InChI is InChI=1S/C14H30N2O3/c1-4-5-11-19-12-7-8-15-13(2)14(17)16-9-6-10-18-3/h13,15H,4-12H2,1-3H3,(H,16,17). The first-order valence-corrected chi connectivity index (χ1v) is 7.30. The molecule has 1 atom stereocenters. The topological polar surface area (TPSA) is 59.6 Å². The quantitative estimate of drug-likeness (QED) is 0.497. The van der Waals surface area contributed by atoms with Gasteiger partial charge in [0, 0.05) is 33.5 Å². The number of rotatable bonds is 13. The average molecular weight is 274 g/mol. The number of ether oxygens (including phenoxy) is 2. The van der Waals surface area contributed by atoms with Crippen molar-refractivity contribution in [3.8, 4) is 0 Å². The highest BCUT2D eigenvalue weighted by atomic mass is 16.5. The molecule has 0 aliphatic heterocycles. The number of hydrogen-bond donors (Lipinski definition) is 2. The number of carbonyl (C=O) groups is 1. The molecule has 0 saturated carbocycles. The number of unbranched alkanes of at least 4 members (excludes halogenated alkanes) is 1. The maximum Gasteiger partial charge on any atom is 0.236 e. The van der Waals surface area contributed by atoms with Gasteiger partial charge in [-0.15, -0.1) is 0 Å². The van der Waals surface area contributed by atoms with Crippen LogP contribution < -0.4 is 10.6 Å². The zero-order chi connectivity index (χ0) is 14.3. The Labute approximate surface area is 117 Å². The van der Waals surface area contributed by atoms with Gasteiger partial charge in [-0.25, -0.2) is 0 Å². The molecule has 0 rings (SSSR count). The highest BCUT2D eigenvalue weighted by Crippen LogP contribution is 1.90. The Balaban J connectivity index is 3.36. The summed E-state index contributed by atoms with van der Waals surface area (Å²) >= 11 is 0. The van der Waals surface area contributed by atoms with Crippen molar-refractivity contribution in [3.63, 3.8) is 0 Å². The molecule has 5 nitrogen and oxygen atoms in total. The third kappa shape index (κ3) is 12.1. The van der Waals surface area contributed by atoms with Crippen LogP contribution in [0.25, 0.3) is 0 Å². The lowest BCUT2D eigenvalue weighted by atomic mass is 10.3. The van der Waals surface area contributed by atoms with Crippen molar-refractivity contribution in [2.24, 2.45) is 0 Å². The van der Waals surface area contributed by atoms with Crippen LogP contribution in [0.15, 0.2) is 0 Å². The summed E-state index contributed by atoms with van der Waals surface area (Å²) in [5, 5.41) is 6.06. The highest BCUT2D eigenvalue weighted by Gasteiger charge is 2.10. The first-order valence-electron chi connectivity index (χ1n) is 7.30. The zero-order valence-electron chi connectivity index (χ0n) is 12.7. The number of amides is 1. The van der Waals surface area contributed by atoms with E-state index in [1.54, 1.807) is 7.11 Å². The van der Waals surface area contributed by atoms with Crippen LogP contribution in [0.2, 0.25) is 0 Å². The molecule has 114 valence electrons. The molecule has 0 aromatic rings. The molecular weight excluding hydrogens is 244 g/mol. The summed E-state index contributed by atoms with van der Waals surface area (Å²) in [7, 11) is 1.66. The van der Waals surface area contributed by atoms with E-state index in [4.69, 9.17) is 9.47 Å². The number of carbonyl (C=O) groups excluding carboxylic acids is 1. The summed E-state index contributed by atoms with van der Waals surface area (Å²) in [6.45, 7) is 7.78. The Hall–Kier alpha value is -0.650. The second-order valence-electron chi connectivity index (χ2n) is 4.63. The molecule has 0 bridgehead atoms. The molecule has 0 saturated heterocycles. The van der Waals surface area contributed by atoms with E-state index in [0.29, 0.717) is 13.2 Å². The molecule has 0 aliphatic carbocycles. The van der Waals surface area contributed by atoms with Crippen LogP contribution in [0.1, 0.15) is 39.5 Å². The van der Waals surface area contributed by atoms with E-state index in [-0.39, 0.29) is 11.9 Å². The Kier molecular flexibility index (Phi) is 13.3. The van der Waals surface area contributed by atoms with E-state index in [1.165, 1.54) is 6.42 Å². The molecule has 0 heterocycles. The van der Waals surface area contributed by atoms with Crippen molar-refractivity contribution in [1.29, 1.82) is 0 Å². The van der Waals surface area contributed by atoms with Crippen LogP contribution in [-0.2, 0) is 14.3 Å². The van der Waals surface area contributed by atoms with E-state index in [2.05, 4.69) is 17.6 Å². The van der Waals surface area contributed by atoms with E-state index in [9.17, 15) is 4.79 Å². The molecule has 1 unspecified atom stereocenters. The fraction of sp³-hybridized carbons (Fsp3) is 0.929.